The molecule has 1 saturated heterocycles. The van der Waals surface area contributed by atoms with Crippen molar-refractivity contribution in [3.05, 3.63) is 71.1 Å². The number of thiophene rings is 1. The van der Waals surface area contributed by atoms with Crippen LogP contribution in [0.2, 0.25) is 0 Å². The van der Waals surface area contributed by atoms with Crippen LogP contribution in [-0.4, -0.2) is 40.4 Å². The van der Waals surface area contributed by atoms with Crippen molar-refractivity contribution in [3.8, 4) is 10.4 Å². The number of carbonyl (C=O) groups is 1. The van der Waals surface area contributed by atoms with Gasteiger partial charge in [-0.15, -0.1) is 11.3 Å². The van der Waals surface area contributed by atoms with Gasteiger partial charge in [0.05, 0.1) is 5.41 Å². The summed E-state index contributed by atoms with van der Waals surface area (Å²) in [7, 11) is 0. The fraction of sp³-hybridized carbons (Fsp3) is 0.423. The van der Waals surface area contributed by atoms with Gasteiger partial charge in [0.15, 0.2) is 0 Å². The molecule has 168 valence electrons. The number of hydrogen-bond donors (Lipinski definition) is 1. The van der Waals surface area contributed by atoms with Gasteiger partial charge in [0, 0.05) is 48.4 Å². The van der Waals surface area contributed by atoms with Crippen molar-refractivity contribution in [1.29, 1.82) is 0 Å². The summed E-state index contributed by atoms with van der Waals surface area (Å²) in [6, 6.07) is 12.8. The fourth-order valence-corrected chi connectivity index (χ4v) is 5.35. The summed E-state index contributed by atoms with van der Waals surface area (Å²) < 4.78 is 0. The molecule has 0 bridgehead atoms. The van der Waals surface area contributed by atoms with Gasteiger partial charge in [-0.2, -0.15) is 0 Å². The Bertz CT molecular complexity index is 1030. The van der Waals surface area contributed by atoms with Crippen molar-refractivity contribution in [3.63, 3.8) is 0 Å². The second-order valence-electron chi connectivity index (χ2n) is 9.02. The average molecular weight is 449 g/mol. The van der Waals surface area contributed by atoms with Gasteiger partial charge in [-0.25, -0.2) is 9.97 Å². The highest BCUT2D eigenvalue weighted by atomic mass is 32.1. The van der Waals surface area contributed by atoms with Crippen LogP contribution >= 0.6 is 11.3 Å². The molecule has 3 heterocycles. The number of nitrogens with one attached hydrogen (secondary N) is 1. The molecule has 2 aromatic heterocycles. The predicted molar refractivity (Wildman–Crippen MR) is 131 cm³/mol. The maximum Gasteiger partial charge on any atom is 0.227 e. The summed E-state index contributed by atoms with van der Waals surface area (Å²) in [6.45, 7) is 9.25. The van der Waals surface area contributed by atoms with Gasteiger partial charge in [0.25, 0.3) is 0 Å². The molecule has 0 saturated carbocycles. The second kappa shape index (κ2) is 9.92. The van der Waals surface area contributed by atoms with E-state index >= 15 is 0 Å². The van der Waals surface area contributed by atoms with Crippen LogP contribution < -0.4 is 5.32 Å². The van der Waals surface area contributed by atoms with Crippen LogP contribution in [0.3, 0.4) is 0 Å². The van der Waals surface area contributed by atoms with E-state index in [9.17, 15) is 4.79 Å². The van der Waals surface area contributed by atoms with Crippen molar-refractivity contribution in [2.45, 2.75) is 46.1 Å². The monoisotopic (exact) mass is 448 g/mol. The Hall–Kier alpha value is -2.57. The van der Waals surface area contributed by atoms with Gasteiger partial charge in [0.2, 0.25) is 5.91 Å². The zero-order chi connectivity index (χ0) is 22.6. The minimum atomic E-state index is -0.428. The van der Waals surface area contributed by atoms with Crippen LogP contribution in [0.5, 0.6) is 0 Å². The highest BCUT2D eigenvalue weighted by Gasteiger charge is 2.44. The molecule has 1 fully saturated rings. The first-order valence-electron chi connectivity index (χ1n) is 11.4. The van der Waals surface area contributed by atoms with E-state index in [0.717, 1.165) is 43.9 Å². The first-order valence-corrected chi connectivity index (χ1v) is 12.3. The van der Waals surface area contributed by atoms with Crippen LogP contribution in [0.25, 0.3) is 10.4 Å². The summed E-state index contributed by atoms with van der Waals surface area (Å²) in [6.07, 6.45) is 5.45. The summed E-state index contributed by atoms with van der Waals surface area (Å²) in [5.41, 5.74) is 3.15. The van der Waals surface area contributed by atoms with Gasteiger partial charge in [0.1, 0.15) is 5.82 Å². The van der Waals surface area contributed by atoms with E-state index in [-0.39, 0.29) is 5.91 Å². The van der Waals surface area contributed by atoms with E-state index < -0.39 is 5.41 Å². The van der Waals surface area contributed by atoms with Crippen molar-refractivity contribution in [2.24, 2.45) is 5.41 Å². The maximum atomic E-state index is 13.3. The van der Waals surface area contributed by atoms with E-state index in [0.29, 0.717) is 12.5 Å². The van der Waals surface area contributed by atoms with Crippen molar-refractivity contribution < 1.29 is 4.79 Å². The molecule has 1 aliphatic heterocycles. The third-order valence-electron chi connectivity index (χ3n) is 6.23. The molecular weight excluding hydrogens is 416 g/mol. The van der Waals surface area contributed by atoms with Crippen molar-refractivity contribution >= 4 is 17.2 Å². The molecule has 1 aliphatic rings. The first kappa shape index (κ1) is 22.6. The van der Waals surface area contributed by atoms with Gasteiger partial charge in [-0.1, -0.05) is 44.2 Å². The second-order valence-corrected chi connectivity index (χ2v) is 9.96. The van der Waals surface area contributed by atoms with Crippen LogP contribution in [0.1, 0.15) is 50.1 Å². The molecule has 4 rings (SSSR count). The molecular formula is C26H32N4OS. The first-order chi connectivity index (χ1) is 15.5. The predicted octanol–water partition coefficient (Wildman–Crippen LogP) is 4.90. The minimum Gasteiger partial charge on any atom is -0.356 e. The SMILES string of the molecule is CCNC(=O)C1(Cc2ccccc2-c2cccs2)CCN(Cc2cnc(C(C)C)nc2)C1. The third kappa shape index (κ3) is 4.92. The average Bonchev–Trinajstić information content (AvgIpc) is 3.46. The lowest BCUT2D eigenvalue weighted by Gasteiger charge is -2.29. The van der Waals surface area contributed by atoms with Gasteiger partial charge in [-0.05, 0) is 48.9 Å². The Balaban J connectivity index is 1.55. The molecule has 1 unspecified atom stereocenters. The summed E-state index contributed by atoms with van der Waals surface area (Å²) in [5.74, 6) is 1.36. The molecule has 6 heteroatoms. The zero-order valence-electron chi connectivity index (χ0n) is 19.2. The van der Waals surface area contributed by atoms with Gasteiger partial charge >= 0.3 is 0 Å². The van der Waals surface area contributed by atoms with E-state index in [1.165, 1.54) is 16.0 Å². The lowest BCUT2D eigenvalue weighted by Crippen LogP contribution is -2.44. The van der Waals surface area contributed by atoms with Crippen LogP contribution in [0.4, 0.5) is 0 Å². The molecule has 1 aromatic carbocycles. The number of carbonyl (C=O) groups excluding carboxylic acids is 1. The van der Waals surface area contributed by atoms with Crippen LogP contribution in [-0.2, 0) is 17.8 Å². The lowest BCUT2D eigenvalue weighted by molar-refractivity contribution is -0.130. The van der Waals surface area contributed by atoms with Crippen molar-refractivity contribution in [2.75, 3.05) is 19.6 Å². The van der Waals surface area contributed by atoms with E-state index in [1.807, 2.05) is 19.3 Å². The molecule has 5 nitrogen and oxygen atoms in total. The smallest absolute Gasteiger partial charge is 0.227 e. The molecule has 3 aromatic rings. The maximum absolute atomic E-state index is 13.3. The number of aromatic nitrogens is 2. The molecule has 1 atom stereocenters. The molecule has 0 aliphatic carbocycles. The number of nitrogens with zero attached hydrogens (tertiary/aromatic N) is 3. The molecule has 32 heavy (non-hydrogen) atoms. The zero-order valence-corrected chi connectivity index (χ0v) is 20.0. The summed E-state index contributed by atoms with van der Waals surface area (Å²) >= 11 is 1.75. The Labute approximate surface area is 194 Å². The third-order valence-corrected chi connectivity index (χ3v) is 7.14. The molecule has 1 amide bonds. The number of benzene rings is 1. The van der Waals surface area contributed by atoms with Gasteiger partial charge < -0.3 is 5.32 Å². The molecule has 1 N–H and O–H groups in total. The number of rotatable bonds is 8. The Morgan fingerprint density at radius 2 is 1.97 bits per heavy atom. The van der Waals surface area contributed by atoms with Crippen molar-refractivity contribution in [1.82, 2.24) is 20.2 Å². The normalized spacial score (nSPS) is 18.9. The van der Waals surface area contributed by atoms with Crippen LogP contribution in [0.15, 0.2) is 54.2 Å². The standard InChI is InChI=1S/C26H32N4OS/c1-4-27-25(31)26(14-21-8-5-6-9-22(21)23-10-7-13-32-23)11-12-30(18-26)17-20-15-28-24(19(2)3)29-16-20/h5-10,13,15-16,19H,4,11-12,14,17-18H2,1-3H3,(H,27,31). The number of amides is 1. The van der Waals surface area contributed by atoms with E-state index in [4.69, 9.17) is 0 Å². The topological polar surface area (TPSA) is 58.1 Å². The van der Waals surface area contributed by atoms with Gasteiger partial charge in [-0.3, -0.25) is 9.69 Å². The highest BCUT2D eigenvalue weighted by Crippen LogP contribution is 2.38. The molecule has 0 radical (unpaired) electrons. The number of likely N-dealkylation sites (tertiary alicyclic amines) is 1. The Morgan fingerprint density at radius 1 is 1.19 bits per heavy atom. The number of hydrogen-bond acceptors (Lipinski definition) is 5. The highest BCUT2D eigenvalue weighted by molar-refractivity contribution is 7.13. The Kier molecular flexibility index (Phi) is 7.01. The quantitative estimate of drug-likeness (QED) is 0.533. The summed E-state index contributed by atoms with van der Waals surface area (Å²) in [4.78, 5) is 26.0. The molecule has 0 spiro atoms. The summed E-state index contributed by atoms with van der Waals surface area (Å²) in [5, 5.41) is 5.23. The Morgan fingerprint density at radius 3 is 2.66 bits per heavy atom. The lowest BCUT2D eigenvalue weighted by atomic mass is 9.78. The largest absolute Gasteiger partial charge is 0.356 e. The van der Waals surface area contributed by atoms with Crippen LogP contribution in [0, 0.1) is 5.41 Å². The van der Waals surface area contributed by atoms with E-state index in [2.05, 4.69) is 75.8 Å². The fourth-order valence-electron chi connectivity index (χ4n) is 4.57. The van der Waals surface area contributed by atoms with E-state index in [1.54, 1.807) is 11.3 Å². The minimum absolute atomic E-state index is 0.162.